The van der Waals surface area contributed by atoms with Crippen molar-refractivity contribution in [3.05, 3.63) is 23.1 Å². The smallest absolute Gasteiger partial charge is 0.0568 e. The summed E-state index contributed by atoms with van der Waals surface area (Å²) in [5.74, 6) is 0.593. The number of alkyl halides is 1. The number of hydrogen-bond acceptors (Lipinski definition) is 3. The van der Waals surface area contributed by atoms with Gasteiger partial charge in [0, 0.05) is 19.4 Å². The van der Waals surface area contributed by atoms with E-state index in [1.807, 2.05) is 0 Å². The molecule has 0 atom stereocenters. The van der Waals surface area contributed by atoms with Gasteiger partial charge in [-0.3, -0.25) is 0 Å². The summed E-state index contributed by atoms with van der Waals surface area (Å²) in [6, 6.07) is 6.43. The third-order valence-electron chi connectivity index (χ3n) is 2.00. The minimum Gasteiger partial charge on any atom is -0.142 e. The Morgan fingerprint density at radius 3 is 2.86 bits per heavy atom. The Labute approximate surface area is 102 Å². The van der Waals surface area contributed by atoms with E-state index in [9.17, 15) is 0 Å². The van der Waals surface area contributed by atoms with Gasteiger partial charge < -0.3 is 0 Å². The second kappa shape index (κ2) is 4.35. The molecule has 0 amide bonds. The van der Waals surface area contributed by atoms with Crippen LogP contribution >= 0.6 is 47.3 Å². The predicted molar refractivity (Wildman–Crippen MR) is 70.4 cm³/mol. The van der Waals surface area contributed by atoms with Crippen molar-refractivity contribution in [2.75, 3.05) is 6.26 Å². The lowest BCUT2D eigenvalue weighted by Crippen LogP contribution is -1.72. The van der Waals surface area contributed by atoms with Crippen molar-refractivity contribution in [3.8, 4) is 0 Å². The largest absolute Gasteiger partial charge is 0.142 e. The molecule has 0 radical (unpaired) electrons. The van der Waals surface area contributed by atoms with Crippen molar-refractivity contribution in [1.29, 1.82) is 0 Å². The van der Waals surface area contributed by atoms with E-state index in [1.165, 1.54) is 19.9 Å². The molecule has 0 spiro atoms. The first-order valence-electron chi connectivity index (χ1n) is 4.10. The molecule has 0 aliphatic rings. The number of rotatable bonds is 2. The number of hydrogen-bond donors (Lipinski definition) is 1. The molecule has 0 N–H and O–H groups in total. The van der Waals surface area contributed by atoms with Crippen LogP contribution < -0.4 is 0 Å². The maximum atomic E-state index is 5.80. The van der Waals surface area contributed by atoms with Crippen LogP contribution in [-0.4, -0.2) is 6.26 Å². The number of fused-ring (bicyclic) bond motifs is 1. The van der Waals surface area contributed by atoms with Gasteiger partial charge in [0.25, 0.3) is 0 Å². The van der Waals surface area contributed by atoms with E-state index in [1.54, 1.807) is 23.1 Å². The van der Waals surface area contributed by atoms with Gasteiger partial charge in [0.15, 0.2) is 0 Å². The third kappa shape index (κ3) is 1.91. The normalized spacial score (nSPS) is 11.1. The molecule has 1 aromatic carbocycles. The third-order valence-corrected chi connectivity index (χ3v) is 4.84. The molecule has 0 nitrogen and oxygen atoms in total. The molecule has 0 bridgehead atoms. The van der Waals surface area contributed by atoms with Crippen LogP contribution in [0.4, 0.5) is 0 Å². The summed E-state index contributed by atoms with van der Waals surface area (Å²) in [6.07, 6.45) is 2.07. The zero-order chi connectivity index (χ0) is 10.1. The van der Waals surface area contributed by atoms with Crippen LogP contribution in [0, 0.1) is 0 Å². The fourth-order valence-electron chi connectivity index (χ4n) is 1.34. The Balaban J connectivity index is 2.64. The molecule has 0 saturated heterocycles. The Morgan fingerprint density at radius 2 is 2.21 bits per heavy atom. The zero-order valence-electron chi connectivity index (χ0n) is 7.58. The van der Waals surface area contributed by atoms with E-state index in [4.69, 9.17) is 11.6 Å². The van der Waals surface area contributed by atoms with Crippen molar-refractivity contribution >= 4 is 57.4 Å². The van der Waals surface area contributed by atoms with Gasteiger partial charge >= 0.3 is 0 Å². The molecule has 1 aromatic heterocycles. The predicted octanol–water partition coefficient (Wildman–Crippen LogP) is 4.65. The summed E-state index contributed by atoms with van der Waals surface area (Å²) >= 11 is 13.7. The van der Waals surface area contributed by atoms with E-state index in [-0.39, 0.29) is 0 Å². The summed E-state index contributed by atoms with van der Waals surface area (Å²) < 4.78 is 1.29. The van der Waals surface area contributed by atoms with Crippen LogP contribution in [0.5, 0.6) is 0 Å². The van der Waals surface area contributed by atoms with Crippen molar-refractivity contribution < 1.29 is 0 Å². The Kier molecular flexibility index (Phi) is 3.32. The van der Waals surface area contributed by atoms with Crippen LogP contribution in [0.25, 0.3) is 10.1 Å². The summed E-state index contributed by atoms with van der Waals surface area (Å²) in [5.41, 5.74) is 0. The fourth-order valence-corrected chi connectivity index (χ4v) is 3.57. The number of halogens is 1. The van der Waals surface area contributed by atoms with Gasteiger partial charge in [0.1, 0.15) is 0 Å². The molecule has 4 heteroatoms. The number of thiophene rings is 1. The van der Waals surface area contributed by atoms with Crippen molar-refractivity contribution in [2.24, 2.45) is 0 Å². The van der Waals surface area contributed by atoms with Gasteiger partial charge in [0.05, 0.1) is 5.88 Å². The SMILES string of the molecule is CSc1cc2sc(CCl)cc2cc1S. The average molecular weight is 261 g/mol. The van der Waals surface area contributed by atoms with Crippen LogP contribution in [0.15, 0.2) is 28.0 Å². The van der Waals surface area contributed by atoms with E-state index >= 15 is 0 Å². The molecule has 0 unspecified atom stereocenters. The van der Waals surface area contributed by atoms with E-state index in [0.717, 1.165) is 4.90 Å². The summed E-state index contributed by atoms with van der Waals surface area (Å²) in [7, 11) is 0. The maximum Gasteiger partial charge on any atom is 0.0568 e. The van der Waals surface area contributed by atoms with Gasteiger partial charge in [-0.2, -0.15) is 0 Å². The standard InChI is InChI=1S/C10H9ClS3/c1-13-10-4-9-6(3-8(10)12)2-7(5-11)14-9/h2-4,12H,5H2,1H3. The van der Waals surface area contributed by atoms with E-state index in [0.29, 0.717) is 5.88 Å². The van der Waals surface area contributed by atoms with Gasteiger partial charge in [0.2, 0.25) is 0 Å². The van der Waals surface area contributed by atoms with E-state index < -0.39 is 0 Å². The van der Waals surface area contributed by atoms with E-state index in [2.05, 4.69) is 37.1 Å². The molecule has 2 aromatic rings. The highest BCUT2D eigenvalue weighted by Gasteiger charge is 2.05. The van der Waals surface area contributed by atoms with Crippen molar-refractivity contribution in [3.63, 3.8) is 0 Å². The van der Waals surface area contributed by atoms with Gasteiger partial charge in [-0.1, -0.05) is 0 Å². The molecule has 0 saturated carbocycles. The Hall–Kier alpha value is 0.170. The number of thiol groups is 1. The highest BCUT2D eigenvalue weighted by atomic mass is 35.5. The fraction of sp³-hybridized carbons (Fsp3) is 0.200. The first-order chi connectivity index (χ1) is 6.74. The Morgan fingerprint density at radius 1 is 1.43 bits per heavy atom. The number of thioether (sulfide) groups is 1. The quantitative estimate of drug-likeness (QED) is 0.466. The summed E-state index contributed by atoms with van der Waals surface area (Å²) in [6.45, 7) is 0. The highest BCUT2D eigenvalue weighted by molar-refractivity contribution is 7.99. The second-order valence-corrected chi connectivity index (χ2v) is 5.67. The first kappa shape index (κ1) is 10.7. The summed E-state index contributed by atoms with van der Waals surface area (Å²) in [5, 5.41) is 1.24. The average Bonchev–Trinajstić information content (AvgIpc) is 2.58. The lowest BCUT2D eigenvalue weighted by Gasteiger charge is -2.00. The summed E-state index contributed by atoms with van der Waals surface area (Å²) in [4.78, 5) is 3.49. The van der Waals surface area contributed by atoms with Gasteiger partial charge in [-0.05, 0) is 29.8 Å². The van der Waals surface area contributed by atoms with Crippen LogP contribution in [0.3, 0.4) is 0 Å². The molecule has 74 valence electrons. The minimum atomic E-state index is 0.593. The monoisotopic (exact) mass is 260 g/mol. The van der Waals surface area contributed by atoms with Gasteiger partial charge in [-0.15, -0.1) is 47.3 Å². The second-order valence-electron chi connectivity index (χ2n) is 2.91. The van der Waals surface area contributed by atoms with Crippen LogP contribution in [0.1, 0.15) is 4.88 Å². The molecule has 0 aliphatic carbocycles. The number of benzene rings is 1. The first-order valence-corrected chi connectivity index (χ1v) is 7.12. The topological polar surface area (TPSA) is 0 Å². The molecule has 0 aliphatic heterocycles. The van der Waals surface area contributed by atoms with Crippen LogP contribution in [0.2, 0.25) is 0 Å². The zero-order valence-corrected chi connectivity index (χ0v) is 10.9. The molecule has 0 fully saturated rings. The maximum absolute atomic E-state index is 5.80. The van der Waals surface area contributed by atoms with Gasteiger partial charge in [-0.25, -0.2) is 0 Å². The van der Waals surface area contributed by atoms with Crippen molar-refractivity contribution in [2.45, 2.75) is 15.7 Å². The molecular formula is C10H9ClS3. The highest BCUT2D eigenvalue weighted by Crippen LogP contribution is 2.34. The lowest BCUT2D eigenvalue weighted by molar-refractivity contribution is 1.30. The van der Waals surface area contributed by atoms with Crippen molar-refractivity contribution in [1.82, 2.24) is 0 Å². The molecule has 1 heterocycles. The molecule has 14 heavy (non-hydrogen) atoms. The minimum absolute atomic E-state index is 0.593. The lowest BCUT2D eigenvalue weighted by atomic mass is 10.2. The molecular weight excluding hydrogens is 252 g/mol. The van der Waals surface area contributed by atoms with Crippen LogP contribution in [-0.2, 0) is 5.88 Å². The molecule has 2 rings (SSSR count). The Bertz CT molecular complexity index is 462.